The van der Waals surface area contributed by atoms with E-state index in [1.165, 1.54) is 11.8 Å². The minimum absolute atomic E-state index is 0.390. The van der Waals surface area contributed by atoms with E-state index in [-0.39, 0.29) is 0 Å². The van der Waals surface area contributed by atoms with E-state index in [4.69, 9.17) is 4.74 Å². The molecule has 1 heterocycles. The fourth-order valence-electron chi connectivity index (χ4n) is 0.806. The van der Waals surface area contributed by atoms with Crippen molar-refractivity contribution >= 4 is 23.1 Å². The lowest BCUT2D eigenvalue weighted by Gasteiger charge is -2.07. The van der Waals surface area contributed by atoms with Crippen LogP contribution >= 0.6 is 23.1 Å². The van der Waals surface area contributed by atoms with Crippen LogP contribution in [0.5, 0.6) is 0 Å². The molecule has 0 radical (unpaired) electrons. The van der Waals surface area contributed by atoms with E-state index in [1.54, 1.807) is 11.3 Å². The van der Waals surface area contributed by atoms with Crippen molar-refractivity contribution < 1.29 is 9.84 Å². The van der Waals surface area contributed by atoms with Gasteiger partial charge in [-0.1, -0.05) is 23.1 Å². The Morgan fingerprint density at radius 2 is 2.36 bits per heavy atom. The van der Waals surface area contributed by atoms with E-state index < -0.39 is 6.10 Å². The molecular weight excluding hydrogens is 220 g/mol. The van der Waals surface area contributed by atoms with Gasteiger partial charge in [-0.15, -0.1) is 10.2 Å². The second-order valence-corrected chi connectivity index (χ2v) is 5.16. The topological polar surface area (TPSA) is 55.2 Å². The fraction of sp³-hybridized carbons (Fsp3) is 0.750. The number of aliphatic hydroxyl groups excluding tert-OH is 1. The molecule has 0 saturated heterocycles. The van der Waals surface area contributed by atoms with Crippen molar-refractivity contribution in [1.29, 1.82) is 0 Å². The molecule has 0 fully saturated rings. The summed E-state index contributed by atoms with van der Waals surface area (Å²) in [6, 6.07) is 0. The number of aryl methyl sites for hydroxylation is 1. The van der Waals surface area contributed by atoms with E-state index in [0.717, 1.165) is 9.35 Å². The summed E-state index contributed by atoms with van der Waals surface area (Å²) in [5, 5.41) is 18.2. The molecule has 80 valence electrons. The first-order valence-corrected chi connectivity index (χ1v) is 6.21. The summed E-state index contributed by atoms with van der Waals surface area (Å²) in [5.74, 6) is 0.606. The molecule has 6 heteroatoms. The lowest BCUT2D eigenvalue weighted by molar-refractivity contribution is 0.0551. The van der Waals surface area contributed by atoms with Gasteiger partial charge in [-0.05, 0) is 13.8 Å². The van der Waals surface area contributed by atoms with Crippen LogP contribution in [0, 0.1) is 6.92 Å². The molecule has 1 atom stereocenters. The molecule has 0 aliphatic heterocycles. The van der Waals surface area contributed by atoms with Crippen molar-refractivity contribution in [2.24, 2.45) is 0 Å². The molecule has 14 heavy (non-hydrogen) atoms. The smallest absolute Gasteiger partial charge is 0.174 e. The highest BCUT2D eigenvalue weighted by atomic mass is 32.2. The van der Waals surface area contributed by atoms with Crippen LogP contribution in [0.4, 0.5) is 0 Å². The second kappa shape index (κ2) is 6.34. The van der Waals surface area contributed by atoms with Gasteiger partial charge in [0.2, 0.25) is 0 Å². The first-order valence-electron chi connectivity index (χ1n) is 4.41. The third kappa shape index (κ3) is 4.36. The van der Waals surface area contributed by atoms with E-state index in [2.05, 4.69) is 10.2 Å². The summed E-state index contributed by atoms with van der Waals surface area (Å²) in [5.41, 5.74) is 0. The van der Waals surface area contributed by atoms with Crippen LogP contribution in [0.15, 0.2) is 4.34 Å². The summed E-state index contributed by atoms with van der Waals surface area (Å²) < 4.78 is 5.99. The number of aliphatic hydroxyl groups is 1. The van der Waals surface area contributed by atoms with E-state index in [1.807, 2.05) is 13.8 Å². The number of thioether (sulfide) groups is 1. The van der Waals surface area contributed by atoms with Crippen LogP contribution in [-0.4, -0.2) is 40.4 Å². The number of nitrogens with zero attached hydrogens (tertiary/aromatic N) is 2. The molecule has 0 aromatic carbocycles. The van der Waals surface area contributed by atoms with E-state index >= 15 is 0 Å². The summed E-state index contributed by atoms with van der Waals surface area (Å²) in [6.45, 7) is 4.85. The van der Waals surface area contributed by atoms with Gasteiger partial charge < -0.3 is 9.84 Å². The van der Waals surface area contributed by atoms with Crippen molar-refractivity contribution in [3.05, 3.63) is 5.01 Å². The summed E-state index contributed by atoms with van der Waals surface area (Å²) >= 11 is 3.06. The molecule has 0 aliphatic carbocycles. The Morgan fingerprint density at radius 3 is 2.93 bits per heavy atom. The maximum Gasteiger partial charge on any atom is 0.174 e. The Hall–Kier alpha value is -0.170. The van der Waals surface area contributed by atoms with Crippen LogP contribution in [-0.2, 0) is 4.74 Å². The van der Waals surface area contributed by atoms with Crippen LogP contribution in [0.3, 0.4) is 0 Å². The van der Waals surface area contributed by atoms with Crippen LogP contribution in [0.1, 0.15) is 11.9 Å². The predicted octanol–water partition coefficient (Wildman–Crippen LogP) is 1.34. The van der Waals surface area contributed by atoms with Crippen LogP contribution in [0.25, 0.3) is 0 Å². The van der Waals surface area contributed by atoms with Gasteiger partial charge in [0, 0.05) is 12.4 Å². The molecule has 0 amide bonds. The molecule has 1 unspecified atom stereocenters. The fourth-order valence-corrected chi connectivity index (χ4v) is 2.55. The molecule has 1 rings (SSSR count). The molecule has 0 aliphatic rings. The maximum atomic E-state index is 9.46. The number of hydrogen-bond donors (Lipinski definition) is 1. The number of ether oxygens (including phenoxy) is 1. The van der Waals surface area contributed by atoms with Gasteiger partial charge in [-0.2, -0.15) is 0 Å². The Bertz CT molecular complexity index is 268. The molecule has 1 aromatic rings. The molecule has 0 saturated carbocycles. The average molecular weight is 234 g/mol. The summed E-state index contributed by atoms with van der Waals surface area (Å²) in [7, 11) is 0. The van der Waals surface area contributed by atoms with Crippen molar-refractivity contribution in [1.82, 2.24) is 10.2 Å². The Kier molecular flexibility index (Phi) is 5.39. The highest BCUT2D eigenvalue weighted by Crippen LogP contribution is 2.22. The van der Waals surface area contributed by atoms with Crippen molar-refractivity contribution in [2.45, 2.75) is 24.3 Å². The lowest BCUT2D eigenvalue weighted by atomic mass is 10.4. The zero-order valence-corrected chi connectivity index (χ0v) is 9.90. The Morgan fingerprint density at radius 1 is 1.57 bits per heavy atom. The quantitative estimate of drug-likeness (QED) is 0.753. The molecule has 4 nitrogen and oxygen atoms in total. The average Bonchev–Trinajstić information content (AvgIpc) is 2.58. The van der Waals surface area contributed by atoms with Crippen molar-refractivity contribution in [3.63, 3.8) is 0 Å². The summed E-state index contributed by atoms with van der Waals surface area (Å²) in [4.78, 5) is 0. The van der Waals surface area contributed by atoms with Gasteiger partial charge in [0.05, 0.1) is 12.7 Å². The Labute approximate surface area is 91.7 Å². The van der Waals surface area contributed by atoms with Gasteiger partial charge >= 0.3 is 0 Å². The highest BCUT2D eigenvalue weighted by Gasteiger charge is 2.07. The van der Waals surface area contributed by atoms with Gasteiger partial charge in [0.1, 0.15) is 5.01 Å². The zero-order valence-electron chi connectivity index (χ0n) is 8.27. The first kappa shape index (κ1) is 11.9. The predicted molar refractivity (Wildman–Crippen MR) is 57.9 cm³/mol. The molecule has 0 bridgehead atoms. The minimum Gasteiger partial charge on any atom is -0.390 e. The lowest BCUT2D eigenvalue weighted by Crippen LogP contribution is -2.17. The van der Waals surface area contributed by atoms with E-state index in [9.17, 15) is 5.11 Å². The van der Waals surface area contributed by atoms with Gasteiger partial charge in [-0.25, -0.2) is 0 Å². The van der Waals surface area contributed by atoms with Crippen molar-refractivity contribution in [3.8, 4) is 0 Å². The van der Waals surface area contributed by atoms with Crippen LogP contribution < -0.4 is 0 Å². The maximum absolute atomic E-state index is 9.46. The molecule has 1 aromatic heterocycles. The van der Waals surface area contributed by atoms with Gasteiger partial charge in [0.15, 0.2) is 4.34 Å². The summed E-state index contributed by atoms with van der Waals surface area (Å²) in [6.07, 6.45) is -0.427. The molecule has 0 spiro atoms. The van der Waals surface area contributed by atoms with Crippen molar-refractivity contribution in [2.75, 3.05) is 19.0 Å². The SMILES string of the molecule is CCOCC(O)CSc1nnc(C)s1. The minimum atomic E-state index is -0.427. The monoisotopic (exact) mass is 234 g/mol. The van der Waals surface area contributed by atoms with Gasteiger partial charge in [0.25, 0.3) is 0 Å². The largest absolute Gasteiger partial charge is 0.390 e. The number of hydrogen-bond acceptors (Lipinski definition) is 6. The normalized spacial score (nSPS) is 13.1. The van der Waals surface area contributed by atoms with E-state index in [0.29, 0.717) is 19.0 Å². The number of aromatic nitrogens is 2. The molecular formula is C8H14N2O2S2. The highest BCUT2D eigenvalue weighted by molar-refractivity contribution is 8.01. The molecule has 1 N–H and O–H groups in total. The van der Waals surface area contributed by atoms with Gasteiger partial charge in [-0.3, -0.25) is 0 Å². The zero-order chi connectivity index (χ0) is 10.4. The Balaban J connectivity index is 2.20. The van der Waals surface area contributed by atoms with Crippen LogP contribution in [0.2, 0.25) is 0 Å². The standard InChI is InChI=1S/C8H14N2O2S2/c1-3-12-4-7(11)5-13-8-10-9-6(2)14-8/h7,11H,3-5H2,1-2H3. The third-order valence-corrected chi connectivity index (χ3v) is 3.54. The first-order chi connectivity index (χ1) is 6.72. The third-order valence-electron chi connectivity index (χ3n) is 1.42. The number of rotatable bonds is 6. The second-order valence-electron chi connectivity index (χ2n) is 2.71.